The summed E-state index contributed by atoms with van der Waals surface area (Å²) in [7, 11) is -2.00. The van der Waals surface area contributed by atoms with Crippen LogP contribution >= 0.6 is 0 Å². The molecule has 0 spiro atoms. The molecule has 4 rings (SSSR count). The highest BCUT2D eigenvalue weighted by Gasteiger charge is 2.40. The van der Waals surface area contributed by atoms with Gasteiger partial charge in [0, 0.05) is 26.1 Å². The Bertz CT molecular complexity index is 1480. The van der Waals surface area contributed by atoms with Gasteiger partial charge in [-0.3, -0.25) is 4.79 Å². The molecule has 0 saturated carbocycles. The van der Waals surface area contributed by atoms with Crippen molar-refractivity contribution in [2.24, 2.45) is 5.41 Å². The summed E-state index contributed by atoms with van der Waals surface area (Å²) in [5.41, 5.74) is 10.7. The van der Waals surface area contributed by atoms with Crippen LogP contribution in [0.2, 0.25) is 0 Å². The van der Waals surface area contributed by atoms with Gasteiger partial charge in [-0.1, -0.05) is 36.4 Å². The molecule has 0 fully saturated rings. The van der Waals surface area contributed by atoms with E-state index in [2.05, 4.69) is 5.32 Å². The third kappa shape index (κ3) is 4.83. The lowest BCUT2D eigenvalue weighted by atomic mass is 9.69. The quantitative estimate of drug-likeness (QED) is 0.372. The van der Waals surface area contributed by atoms with E-state index in [9.17, 15) is 18.3 Å². The van der Waals surface area contributed by atoms with Crippen molar-refractivity contribution < 1.29 is 23.1 Å². The SMILES string of the molecule is CNc1ccc(C(c2ccc(C)c(CN3CCOc4ccccc4S3(=O)=O)c2)C(C)(C)C(=O)O)c(C)c1N. The molecule has 0 aliphatic carbocycles. The van der Waals surface area contributed by atoms with E-state index in [4.69, 9.17) is 10.5 Å². The highest BCUT2D eigenvalue weighted by Crippen LogP contribution is 2.45. The van der Waals surface area contributed by atoms with Gasteiger partial charge in [-0.15, -0.1) is 0 Å². The second-order valence-electron chi connectivity index (χ2n) is 10.3. The number of benzene rings is 3. The predicted molar refractivity (Wildman–Crippen MR) is 149 cm³/mol. The molecule has 4 N–H and O–H groups in total. The Kier molecular flexibility index (Phi) is 7.45. The van der Waals surface area contributed by atoms with Crippen molar-refractivity contribution in [1.29, 1.82) is 0 Å². The number of sulfonamides is 1. The number of ether oxygens (including phenoxy) is 1. The van der Waals surface area contributed by atoms with Gasteiger partial charge in [-0.2, -0.15) is 4.31 Å². The maximum Gasteiger partial charge on any atom is 0.310 e. The van der Waals surface area contributed by atoms with Crippen molar-refractivity contribution >= 4 is 27.4 Å². The third-order valence-corrected chi connectivity index (χ3v) is 9.41. The second-order valence-corrected chi connectivity index (χ2v) is 12.2. The summed E-state index contributed by atoms with van der Waals surface area (Å²) in [4.78, 5) is 12.6. The van der Waals surface area contributed by atoms with Gasteiger partial charge in [0.25, 0.3) is 0 Å². The highest BCUT2D eigenvalue weighted by atomic mass is 32.2. The lowest BCUT2D eigenvalue weighted by Crippen LogP contribution is -2.33. The molecule has 0 amide bonds. The molecule has 1 aliphatic heterocycles. The van der Waals surface area contributed by atoms with Crippen molar-refractivity contribution in [2.75, 3.05) is 31.2 Å². The maximum absolute atomic E-state index is 13.5. The number of rotatable bonds is 7. The lowest BCUT2D eigenvalue weighted by Gasteiger charge is -2.33. The molecule has 3 aromatic carbocycles. The molecule has 0 aromatic heterocycles. The number of aryl methyl sites for hydroxylation is 1. The van der Waals surface area contributed by atoms with Gasteiger partial charge in [0.1, 0.15) is 17.3 Å². The highest BCUT2D eigenvalue weighted by molar-refractivity contribution is 7.89. The van der Waals surface area contributed by atoms with Crippen LogP contribution in [0.4, 0.5) is 11.4 Å². The number of carboxylic acids is 1. The van der Waals surface area contributed by atoms with Gasteiger partial charge in [0.15, 0.2) is 0 Å². The number of hydrogen-bond donors (Lipinski definition) is 3. The van der Waals surface area contributed by atoms with E-state index >= 15 is 0 Å². The molecule has 1 heterocycles. The molecule has 3 aromatic rings. The van der Waals surface area contributed by atoms with Crippen LogP contribution in [0, 0.1) is 19.3 Å². The van der Waals surface area contributed by atoms with Crippen molar-refractivity contribution in [3.63, 3.8) is 0 Å². The van der Waals surface area contributed by atoms with E-state index in [1.165, 1.54) is 4.31 Å². The molecule has 8 nitrogen and oxygen atoms in total. The van der Waals surface area contributed by atoms with Crippen LogP contribution in [0.25, 0.3) is 0 Å². The molecular weight excluding hydrogens is 502 g/mol. The minimum Gasteiger partial charge on any atom is -0.491 e. The molecule has 1 aliphatic rings. The Hall–Kier alpha value is -3.56. The number of carboxylic acid groups (broad SMARTS) is 1. The summed E-state index contributed by atoms with van der Waals surface area (Å²) in [5.74, 6) is -1.12. The summed E-state index contributed by atoms with van der Waals surface area (Å²) < 4.78 is 34.2. The first-order valence-corrected chi connectivity index (χ1v) is 13.9. The van der Waals surface area contributed by atoms with E-state index in [0.29, 0.717) is 11.4 Å². The summed E-state index contributed by atoms with van der Waals surface area (Å²) >= 11 is 0. The Labute approximate surface area is 224 Å². The first kappa shape index (κ1) is 27.5. The number of nitrogens with one attached hydrogen (secondary N) is 1. The molecule has 202 valence electrons. The third-order valence-electron chi connectivity index (χ3n) is 7.53. The number of aliphatic carboxylic acids is 1. The average Bonchev–Trinajstić information content (AvgIpc) is 2.99. The first-order chi connectivity index (χ1) is 17.9. The normalized spacial score (nSPS) is 16.1. The van der Waals surface area contributed by atoms with Crippen LogP contribution in [-0.4, -0.2) is 44.0 Å². The molecule has 0 saturated heterocycles. The fourth-order valence-electron chi connectivity index (χ4n) is 5.08. The van der Waals surface area contributed by atoms with E-state index in [0.717, 1.165) is 33.5 Å². The summed E-state index contributed by atoms with van der Waals surface area (Å²) in [5, 5.41) is 13.3. The van der Waals surface area contributed by atoms with E-state index in [-0.39, 0.29) is 24.6 Å². The van der Waals surface area contributed by atoms with Crippen LogP contribution in [0.15, 0.2) is 59.5 Å². The number of nitrogens with zero attached hydrogens (tertiary/aromatic N) is 1. The largest absolute Gasteiger partial charge is 0.491 e. The molecule has 1 atom stereocenters. The van der Waals surface area contributed by atoms with Crippen LogP contribution in [0.5, 0.6) is 5.75 Å². The van der Waals surface area contributed by atoms with Gasteiger partial charge < -0.3 is 20.9 Å². The second kappa shape index (κ2) is 10.3. The smallest absolute Gasteiger partial charge is 0.310 e. The molecule has 38 heavy (non-hydrogen) atoms. The van der Waals surface area contributed by atoms with Crippen molar-refractivity contribution in [1.82, 2.24) is 4.31 Å². The standard InChI is InChI=1S/C29H35N3O5S/c1-18-10-11-20(26(29(3,4)28(33)34)22-12-13-23(31-5)27(30)19(22)2)16-21(18)17-32-14-15-37-24-8-6-7-9-25(24)38(32,35)36/h6-13,16,26,31H,14-15,17,30H2,1-5H3,(H,33,34). The summed E-state index contributed by atoms with van der Waals surface area (Å²) in [6, 6.07) is 16.2. The van der Waals surface area contributed by atoms with Crippen LogP contribution < -0.4 is 15.8 Å². The van der Waals surface area contributed by atoms with E-state index in [1.807, 2.05) is 44.2 Å². The van der Waals surface area contributed by atoms with Gasteiger partial charge in [0.2, 0.25) is 10.0 Å². The number of para-hydroxylation sites is 1. The number of nitrogens with two attached hydrogens (primary N) is 1. The van der Waals surface area contributed by atoms with Crippen LogP contribution in [-0.2, 0) is 21.4 Å². The van der Waals surface area contributed by atoms with Gasteiger partial charge in [0.05, 0.1) is 16.8 Å². The molecule has 0 radical (unpaired) electrons. The summed E-state index contributed by atoms with van der Waals surface area (Å²) in [6.45, 7) is 7.80. The van der Waals surface area contributed by atoms with Gasteiger partial charge >= 0.3 is 5.97 Å². The van der Waals surface area contributed by atoms with Crippen molar-refractivity contribution in [2.45, 2.75) is 45.1 Å². The zero-order valence-corrected chi connectivity index (χ0v) is 23.2. The number of anilines is 2. The van der Waals surface area contributed by atoms with Gasteiger partial charge in [-0.05, 0) is 73.7 Å². The summed E-state index contributed by atoms with van der Waals surface area (Å²) in [6.07, 6.45) is 0. The fraction of sp³-hybridized carbons (Fsp3) is 0.345. The van der Waals surface area contributed by atoms with Crippen molar-refractivity contribution in [3.05, 3.63) is 82.4 Å². The van der Waals surface area contributed by atoms with Gasteiger partial charge in [-0.25, -0.2) is 8.42 Å². The predicted octanol–water partition coefficient (Wildman–Crippen LogP) is 4.75. The Morgan fingerprint density at radius 3 is 2.55 bits per heavy atom. The van der Waals surface area contributed by atoms with Crippen LogP contribution in [0.3, 0.4) is 0 Å². The number of nitrogen functional groups attached to an aromatic ring is 1. The molecule has 0 bridgehead atoms. The monoisotopic (exact) mass is 537 g/mol. The Balaban J connectivity index is 1.81. The van der Waals surface area contributed by atoms with Crippen LogP contribution in [0.1, 0.15) is 47.6 Å². The van der Waals surface area contributed by atoms with E-state index in [1.54, 1.807) is 45.2 Å². The average molecular weight is 538 g/mol. The number of carbonyl (C=O) groups is 1. The lowest BCUT2D eigenvalue weighted by molar-refractivity contribution is -0.147. The first-order valence-electron chi connectivity index (χ1n) is 12.5. The topological polar surface area (TPSA) is 122 Å². The Morgan fingerprint density at radius 2 is 1.87 bits per heavy atom. The van der Waals surface area contributed by atoms with E-state index < -0.39 is 27.3 Å². The minimum atomic E-state index is -3.79. The zero-order chi connectivity index (χ0) is 27.8. The number of fused-ring (bicyclic) bond motifs is 1. The molecular formula is C29H35N3O5S. The Morgan fingerprint density at radius 1 is 1.16 bits per heavy atom. The minimum absolute atomic E-state index is 0.139. The van der Waals surface area contributed by atoms with Crippen molar-refractivity contribution in [3.8, 4) is 5.75 Å². The maximum atomic E-state index is 13.5. The zero-order valence-electron chi connectivity index (χ0n) is 22.4. The molecule has 9 heteroatoms. The fourth-order valence-corrected chi connectivity index (χ4v) is 6.61. The molecule has 1 unspecified atom stereocenters. The number of hydrogen-bond acceptors (Lipinski definition) is 6.